The van der Waals surface area contributed by atoms with Gasteiger partial charge in [0.1, 0.15) is 12.2 Å². The Hall–Kier alpha value is -1.40. The minimum Gasteiger partial charge on any atom is -0.480 e. The van der Waals surface area contributed by atoms with Crippen molar-refractivity contribution in [2.45, 2.75) is 19.4 Å². The third kappa shape index (κ3) is 3.02. The van der Waals surface area contributed by atoms with Crippen molar-refractivity contribution >= 4 is 27.8 Å². The maximum atomic E-state index is 12.3. The van der Waals surface area contributed by atoms with Gasteiger partial charge in [-0.2, -0.15) is 0 Å². The third-order valence-corrected chi connectivity index (χ3v) is 4.36. The molecule has 0 spiro atoms. The fourth-order valence-electron chi connectivity index (χ4n) is 2.21. The molecule has 6 heteroatoms. The van der Waals surface area contributed by atoms with Crippen LogP contribution in [0.1, 0.15) is 22.8 Å². The molecule has 20 heavy (non-hydrogen) atoms. The highest BCUT2D eigenvalue weighted by molar-refractivity contribution is 9.10. The Labute approximate surface area is 125 Å². The van der Waals surface area contributed by atoms with E-state index in [1.807, 2.05) is 26.0 Å². The molecule has 0 bridgehead atoms. The van der Waals surface area contributed by atoms with Crippen LogP contribution in [-0.2, 0) is 9.53 Å². The summed E-state index contributed by atoms with van der Waals surface area (Å²) in [6.45, 7) is 4.20. The molecule has 1 saturated heterocycles. The largest absolute Gasteiger partial charge is 0.480 e. The molecule has 2 rings (SSSR count). The van der Waals surface area contributed by atoms with Crippen LogP contribution in [0.5, 0.6) is 0 Å². The molecule has 5 nitrogen and oxygen atoms in total. The molecule has 0 atom stereocenters. The summed E-state index contributed by atoms with van der Waals surface area (Å²) < 4.78 is 6.09. The number of aryl methyl sites for hydroxylation is 1. The highest BCUT2D eigenvalue weighted by Gasteiger charge is 2.43. The van der Waals surface area contributed by atoms with Crippen LogP contribution in [0, 0.1) is 6.92 Å². The number of benzene rings is 1. The minimum atomic E-state index is -1.00. The Morgan fingerprint density at radius 3 is 2.70 bits per heavy atom. The van der Waals surface area contributed by atoms with Gasteiger partial charge in [0, 0.05) is 4.47 Å². The van der Waals surface area contributed by atoms with Crippen molar-refractivity contribution in [3.05, 3.63) is 33.8 Å². The van der Waals surface area contributed by atoms with Gasteiger partial charge in [0.25, 0.3) is 5.91 Å². The van der Waals surface area contributed by atoms with Crippen molar-refractivity contribution in [2.24, 2.45) is 0 Å². The van der Waals surface area contributed by atoms with Crippen LogP contribution in [0.4, 0.5) is 0 Å². The summed E-state index contributed by atoms with van der Waals surface area (Å²) >= 11 is 3.42. The number of carbonyl (C=O) groups is 2. The molecule has 1 fully saturated rings. The highest BCUT2D eigenvalue weighted by atomic mass is 79.9. The Kier molecular flexibility index (Phi) is 4.15. The quantitative estimate of drug-likeness (QED) is 0.910. The highest BCUT2D eigenvalue weighted by Crippen LogP contribution is 2.29. The van der Waals surface area contributed by atoms with Gasteiger partial charge in [-0.15, -0.1) is 0 Å². The van der Waals surface area contributed by atoms with Gasteiger partial charge in [-0.25, -0.2) is 4.79 Å². The number of carbonyl (C=O) groups excluding carboxylic acids is 1. The van der Waals surface area contributed by atoms with Crippen LogP contribution in [0.3, 0.4) is 0 Å². The molecule has 1 aliphatic heterocycles. The van der Waals surface area contributed by atoms with Gasteiger partial charge in [-0.1, -0.05) is 12.1 Å². The van der Waals surface area contributed by atoms with Crippen LogP contribution < -0.4 is 0 Å². The van der Waals surface area contributed by atoms with Gasteiger partial charge in [0.15, 0.2) is 0 Å². The second kappa shape index (κ2) is 5.54. The lowest BCUT2D eigenvalue weighted by molar-refractivity contribution is -0.159. The Morgan fingerprint density at radius 2 is 2.10 bits per heavy atom. The molecule has 1 aliphatic rings. The van der Waals surface area contributed by atoms with Crippen molar-refractivity contribution in [1.29, 1.82) is 0 Å². The molecule has 1 heterocycles. The number of likely N-dealkylation sites (tertiary alicyclic amines) is 1. The molecule has 108 valence electrons. The molecule has 0 radical (unpaired) electrons. The maximum Gasteiger partial charge on any atom is 0.329 e. The molecule has 0 unspecified atom stereocenters. The average molecular weight is 342 g/mol. The van der Waals surface area contributed by atoms with Crippen molar-refractivity contribution in [2.75, 3.05) is 19.7 Å². The van der Waals surface area contributed by atoms with Gasteiger partial charge >= 0.3 is 5.97 Å². The standard InChI is InChI=1S/C14H16BrNO4/c1-9-4-3-5-10(12(9)15)13(19)16-7-14(2,8-16)20-6-11(17)18/h3-5H,6-8H2,1-2H3,(H,17,18). The molecular formula is C14H16BrNO4. The zero-order valence-corrected chi connectivity index (χ0v) is 12.9. The van der Waals surface area contributed by atoms with E-state index in [4.69, 9.17) is 9.84 Å². The zero-order chi connectivity index (χ0) is 14.9. The first-order valence-corrected chi connectivity index (χ1v) is 7.02. The van der Waals surface area contributed by atoms with E-state index >= 15 is 0 Å². The Balaban J connectivity index is 2.00. The van der Waals surface area contributed by atoms with Crippen LogP contribution in [0.25, 0.3) is 0 Å². The van der Waals surface area contributed by atoms with Crippen molar-refractivity contribution in [3.63, 3.8) is 0 Å². The van der Waals surface area contributed by atoms with Gasteiger partial charge in [0.2, 0.25) is 0 Å². The number of rotatable bonds is 4. The number of halogens is 1. The maximum absolute atomic E-state index is 12.3. The number of amides is 1. The van der Waals surface area contributed by atoms with Gasteiger partial charge in [-0.05, 0) is 41.4 Å². The van der Waals surface area contributed by atoms with Gasteiger partial charge < -0.3 is 14.7 Å². The molecule has 1 amide bonds. The lowest BCUT2D eigenvalue weighted by atomic mass is 9.95. The second-order valence-corrected chi connectivity index (χ2v) is 6.02. The molecule has 0 aliphatic carbocycles. The number of hydrogen-bond acceptors (Lipinski definition) is 3. The zero-order valence-electron chi connectivity index (χ0n) is 11.4. The summed E-state index contributed by atoms with van der Waals surface area (Å²) in [7, 11) is 0. The minimum absolute atomic E-state index is 0.0722. The summed E-state index contributed by atoms with van der Waals surface area (Å²) in [4.78, 5) is 24.5. The fourth-order valence-corrected chi connectivity index (χ4v) is 2.65. The van der Waals surface area contributed by atoms with Gasteiger partial charge in [0.05, 0.1) is 18.7 Å². The number of carboxylic acids is 1. The molecule has 1 aromatic carbocycles. The number of aliphatic carboxylic acids is 1. The molecule has 0 saturated carbocycles. The van der Waals surface area contributed by atoms with Crippen LogP contribution >= 0.6 is 15.9 Å². The van der Waals surface area contributed by atoms with Crippen molar-refractivity contribution < 1.29 is 19.4 Å². The summed E-state index contributed by atoms with van der Waals surface area (Å²) in [6, 6.07) is 5.54. The number of hydrogen-bond donors (Lipinski definition) is 1. The number of nitrogens with zero attached hydrogens (tertiary/aromatic N) is 1. The monoisotopic (exact) mass is 341 g/mol. The first-order valence-electron chi connectivity index (χ1n) is 6.22. The lowest BCUT2D eigenvalue weighted by Gasteiger charge is -2.47. The molecule has 0 aromatic heterocycles. The van der Waals surface area contributed by atoms with Crippen LogP contribution in [-0.4, -0.2) is 47.2 Å². The Bertz CT molecular complexity index is 552. The first-order chi connectivity index (χ1) is 9.32. The predicted molar refractivity (Wildman–Crippen MR) is 76.8 cm³/mol. The number of ether oxygens (including phenoxy) is 1. The third-order valence-electron chi connectivity index (χ3n) is 3.30. The lowest BCUT2D eigenvalue weighted by Crippen LogP contribution is -2.63. The number of carboxylic acid groups (broad SMARTS) is 1. The SMILES string of the molecule is Cc1cccc(C(=O)N2CC(C)(OCC(=O)O)C2)c1Br. The van der Waals surface area contributed by atoms with Crippen LogP contribution in [0.2, 0.25) is 0 Å². The fraction of sp³-hybridized carbons (Fsp3) is 0.429. The second-order valence-electron chi connectivity index (χ2n) is 5.23. The Morgan fingerprint density at radius 1 is 1.45 bits per heavy atom. The first kappa shape index (κ1) is 15.0. The normalized spacial score (nSPS) is 16.6. The summed E-state index contributed by atoms with van der Waals surface area (Å²) in [5, 5.41) is 8.60. The van der Waals surface area contributed by atoms with E-state index < -0.39 is 11.6 Å². The van der Waals surface area contributed by atoms with Crippen molar-refractivity contribution in [1.82, 2.24) is 4.90 Å². The summed E-state index contributed by atoms with van der Waals surface area (Å²) in [5.74, 6) is -1.07. The van der Waals surface area contributed by atoms with E-state index in [2.05, 4.69) is 15.9 Å². The van der Waals surface area contributed by atoms with E-state index in [0.717, 1.165) is 10.0 Å². The summed E-state index contributed by atoms with van der Waals surface area (Å²) in [6.07, 6.45) is 0. The smallest absolute Gasteiger partial charge is 0.329 e. The molecule has 1 aromatic rings. The van der Waals surface area contributed by atoms with E-state index in [-0.39, 0.29) is 12.5 Å². The molecule has 1 N–H and O–H groups in total. The van der Waals surface area contributed by atoms with Crippen molar-refractivity contribution in [3.8, 4) is 0 Å². The van der Waals surface area contributed by atoms with E-state index in [1.165, 1.54) is 0 Å². The van der Waals surface area contributed by atoms with E-state index in [0.29, 0.717) is 18.7 Å². The predicted octanol–water partition coefficient (Wildman–Crippen LogP) is 2.07. The van der Waals surface area contributed by atoms with E-state index in [1.54, 1.807) is 11.0 Å². The molecular weight excluding hydrogens is 326 g/mol. The topological polar surface area (TPSA) is 66.8 Å². The van der Waals surface area contributed by atoms with E-state index in [9.17, 15) is 9.59 Å². The average Bonchev–Trinajstić information content (AvgIpc) is 2.35. The van der Waals surface area contributed by atoms with Crippen LogP contribution in [0.15, 0.2) is 22.7 Å². The van der Waals surface area contributed by atoms with Gasteiger partial charge in [-0.3, -0.25) is 4.79 Å². The summed E-state index contributed by atoms with van der Waals surface area (Å²) in [5.41, 5.74) is 1.05.